The first-order chi connectivity index (χ1) is 12.0. The molecule has 1 N–H and O–H groups in total. The van der Waals surface area contributed by atoms with Crippen molar-refractivity contribution in [1.82, 2.24) is 5.32 Å². The number of imide groups is 2. The molecule has 1 saturated heterocycles. The number of barbiturate groups is 1. The second-order valence-corrected chi connectivity index (χ2v) is 6.34. The molecular weight excluding hydrogens is 435 g/mol. The lowest BCUT2D eigenvalue weighted by Crippen LogP contribution is -2.54. The molecule has 0 aliphatic carbocycles. The number of carbonyl (C=O) groups excluding carboxylic acids is 3. The third-order valence-electron chi connectivity index (χ3n) is 3.64. The number of halogens is 1. The van der Waals surface area contributed by atoms with E-state index in [1.54, 1.807) is 30.3 Å². The molecule has 1 aliphatic rings. The number of benzene rings is 2. The van der Waals surface area contributed by atoms with Crippen molar-refractivity contribution in [2.75, 3.05) is 12.0 Å². The van der Waals surface area contributed by atoms with Crippen molar-refractivity contribution in [3.63, 3.8) is 0 Å². The van der Waals surface area contributed by atoms with Gasteiger partial charge in [0.05, 0.1) is 12.8 Å². The summed E-state index contributed by atoms with van der Waals surface area (Å²) in [7, 11) is 1.52. The van der Waals surface area contributed by atoms with Crippen LogP contribution < -0.4 is 15.0 Å². The second-order valence-electron chi connectivity index (χ2n) is 5.18. The molecule has 0 bridgehead atoms. The second kappa shape index (κ2) is 7.06. The summed E-state index contributed by atoms with van der Waals surface area (Å²) in [5, 5.41) is 2.20. The Labute approximate surface area is 157 Å². The molecule has 0 aromatic heterocycles. The maximum atomic E-state index is 12.8. The lowest BCUT2D eigenvalue weighted by Gasteiger charge is -2.26. The molecule has 126 valence electrons. The minimum absolute atomic E-state index is 0.0977. The smallest absolute Gasteiger partial charge is 0.335 e. The first-order valence-corrected chi connectivity index (χ1v) is 8.39. The van der Waals surface area contributed by atoms with Crippen molar-refractivity contribution in [3.05, 3.63) is 63.2 Å². The van der Waals surface area contributed by atoms with Crippen LogP contribution in [0.25, 0.3) is 6.08 Å². The highest BCUT2D eigenvalue weighted by molar-refractivity contribution is 14.1. The van der Waals surface area contributed by atoms with E-state index >= 15 is 0 Å². The van der Waals surface area contributed by atoms with Crippen LogP contribution in [-0.2, 0) is 9.59 Å². The molecule has 7 heteroatoms. The van der Waals surface area contributed by atoms with Crippen molar-refractivity contribution in [2.24, 2.45) is 0 Å². The van der Waals surface area contributed by atoms with E-state index in [0.717, 1.165) is 14.0 Å². The SMILES string of the molecule is COc1ccc(N2C(=O)NC(=O)/C(=C\c3ccccc3I)C2=O)cc1. The van der Waals surface area contributed by atoms with Gasteiger partial charge in [-0.2, -0.15) is 0 Å². The summed E-state index contributed by atoms with van der Waals surface area (Å²) in [6, 6.07) is 13.0. The molecule has 2 aromatic rings. The number of hydrogen-bond donors (Lipinski definition) is 1. The van der Waals surface area contributed by atoms with Crippen LogP contribution >= 0.6 is 22.6 Å². The van der Waals surface area contributed by atoms with Gasteiger partial charge in [-0.3, -0.25) is 14.9 Å². The highest BCUT2D eigenvalue weighted by Gasteiger charge is 2.36. The average Bonchev–Trinajstić information content (AvgIpc) is 2.60. The molecule has 1 aliphatic heterocycles. The van der Waals surface area contributed by atoms with E-state index in [0.29, 0.717) is 11.4 Å². The van der Waals surface area contributed by atoms with Crippen LogP contribution in [0.15, 0.2) is 54.1 Å². The van der Waals surface area contributed by atoms with Crippen LogP contribution in [0.5, 0.6) is 5.75 Å². The van der Waals surface area contributed by atoms with Crippen LogP contribution in [0.4, 0.5) is 10.5 Å². The minimum atomic E-state index is -0.778. The molecule has 0 spiro atoms. The maximum Gasteiger partial charge on any atom is 0.335 e. The molecule has 0 saturated carbocycles. The number of hydrogen-bond acceptors (Lipinski definition) is 4. The number of rotatable bonds is 3. The predicted octanol–water partition coefficient (Wildman–Crippen LogP) is 2.97. The lowest BCUT2D eigenvalue weighted by molar-refractivity contribution is -0.122. The molecule has 1 fully saturated rings. The Kier molecular flexibility index (Phi) is 4.84. The van der Waals surface area contributed by atoms with Crippen molar-refractivity contribution in [2.45, 2.75) is 0 Å². The quantitative estimate of drug-likeness (QED) is 0.445. The van der Waals surface area contributed by atoms with Gasteiger partial charge in [-0.05, 0) is 64.6 Å². The molecule has 25 heavy (non-hydrogen) atoms. The Morgan fingerprint density at radius 3 is 2.36 bits per heavy atom. The Bertz CT molecular complexity index is 890. The highest BCUT2D eigenvalue weighted by Crippen LogP contribution is 2.25. The maximum absolute atomic E-state index is 12.8. The first kappa shape index (κ1) is 17.2. The summed E-state index contributed by atoms with van der Waals surface area (Å²) in [6.45, 7) is 0. The molecule has 1 heterocycles. The van der Waals surface area contributed by atoms with Crippen molar-refractivity contribution in [1.29, 1.82) is 0 Å². The van der Waals surface area contributed by atoms with Gasteiger partial charge in [0, 0.05) is 3.57 Å². The van der Waals surface area contributed by atoms with Crippen LogP contribution in [0.2, 0.25) is 0 Å². The fraction of sp³-hybridized carbons (Fsp3) is 0.0556. The van der Waals surface area contributed by atoms with Crippen LogP contribution in [0.1, 0.15) is 5.56 Å². The van der Waals surface area contributed by atoms with Gasteiger partial charge < -0.3 is 4.74 Å². The Morgan fingerprint density at radius 1 is 1.04 bits per heavy atom. The topological polar surface area (TPSA) is 75.7 Å². The van der Waals surface area contributed by atoms with Gasteiger partial charge in [0.1, 0.15) is 11.3 Å². The summed E-state index contributed by atoms with van der Waals surface area (Å²) in [6.07, 6.45) is 1.49. The number of ether oxygens (including phenoxy) is 1. The molecule has 0 radical (unpaired) electrons. The van der Waals surface area contributed by atoms with Crippen molar-refractivity contribution in [3.8, 4) is 5.75 Å². The van der Waals surface area contributed by atoms with Gasteiger partial charge in [0.25, 0.3) is 11.8 Å². The molecule has 0 atom stereocenters. The molecule has 0 unspecified atom stereocenters. The van der Waals surface area contributed by atoms with Gasteiger partial charge in [-0.25, -0.2) is 9.69 Å². The summed E-state index contributed by atoms with van der Waals surface area (Å²) in [5.74, 6) is -0.780. The van der Waals surface area contributed by atoms with Gasteiger partial charge in [-0.1, -0.05) is 18.2 Å². The van der Waals surface area contributed by atoms with E-state index < -0.39 is 17.8 Å². The van der Waals surface area contributed by atoms with E-state index in [2.05, 4.69) is 27.9 Å². The molecule has 2 aromatic carbocycles. The summed E-state index contributed by atoms with van der Waals surface area (Å²) >= 11 is 2.12. The fourth-order valence-corrected chi connectivity index (χ4v) is 2.91. The Morgan fingerprint density at radius 2 is 1.72 bits per heavy atom. The molecule has 3 rings (SSSR count). The van der Waals surface area contributed by atoms with Crippen LogP contribution in [0, 0.1) is 3.57 Å². The molecular formula is C18H13IN2O4. The molecule has 6 nitrogen and oxygen atoms in total. The third-order valence-corrected chi connectivity index (χ3v) is 4.62. The van der Waals surface area contributed by atoms with E-state index in [-0.39, 0.29) is 5.57 Å². The third kappa shape index (κ3) is 3.41. The zero-order valence-corrected chi connectivity index (χ0v) is 15.3. The van der Waals surface area contributed by atoms with Crippen molar-refractivity contribution < 1.29 is 19.1 Å². The average molecular weight is 448 g/mol. The summed E-state index contributed by atoms with van der Waals surface area (Å²) < 4.78 is 5.96. The highest BCUT2D eigenvalue weighted by atomic mass is 127. The predicted molar refractivity (Wildman–Crippen MR) is 101 cm³/mol. The number of amides is 4. The van der Waals surface area contributed by atoms with Crippen molar-refractivity contribution >= 4 is 52.2 Å². The van der Waals surface area contributed by atoms with E-state index in [9.17, 15) is 14.4 Å². The number of methoxy groups -OCH3 is 1. The minimum Gasteiger partial charge on any atom is -0.497 e. The van der Waals surface area contributed by atoms with E-state index in [4.69, 9.17) is 4.74 Å². The largest absolute Gasteiger partial charge is 0.497 e. The zero-order valence-electron chi connectivity index (χ0n) is 13.2. The Hall–Kier alpha value is -2.68. The normalized spacial score (nSPS) is 16.2. The van der Waals surface area contributed by atoms with Gasteiger partial charge in [0.2, 0.25) is 0 Å². The van der Waals surface area contributed by atoms with E-state index in [1.165, 1.54) is 13.2 Å². The Balaban J connectivity index is 2.01. The number of nitrogens with one attached hydrogen (secondary N) is 1. The van der Waals surface area contributed by atoms with Gasteiger partial charge >= 0.3 is 6.03 Å². The molecule has 4 amide bonds. The lowest BCUT2D eigenvalue weighted by atomic mass is 10.1. The van der Waals surface area contributed by atoms with Gasteiger partial charge in [0.15, 0.2) is 0 Å². The number of nitrogens with zero attached hydrogens (tertiary/aromatic N) is 1. The fourth-order valence-electron chi connectivity index (χ4n) is 2.37. The standard InChI is InChI=1S/C18H13IN2O4/c1-25-13-8-6-12(7-9-13)21-17(23)14(16(22)20-18(21)24)10-11-4-2-3-5-15(11)19/h2-10H,1H3,(H,20,22,24)/b14-10+. The van der Waals surface area contributed by atoms with Crippen LogP contribution in [0.3, 0.4) is 0 Å². The van der Waals surface area contributed by atoms with Crippen LogP contribution in [-0.4, -0.2) is 25.0 Å². The van der Waals surface area contributed by atoms with E-state index in [1.807, 2.05) is 18.2 Å². The number of anilines is 1. The number of carbonyl (C=O) groups is 3. The monoisotopic (exact) mass is 448 g/mol. The summed E-state index contributed by atoms with van der Waals surface area (Å²) in [5.41, 5.74) is 0.981. The zero-order chi connectivity index (χ0) is 18.0. The summed E-state index contributed by atoms with van der Waals surface area (Å²) in [4.78, 5) is 38.0. The first-order valence-electron chi connectivity index (χ1n) is 7.31. The van der Waals surface area contributed by atoms with Gasteiger partial charge in [-0.15, -0.1) is 0 Å². The number of urea groups is 1.